The van der Waals surface area contributed by atoms with Crippen LogP contribution in [0.25, 0.3) is 0 Å². The lowest BCUT2D eigenvalue weighted by Gasteiger charge is -2.24. The number of carboxylic acids is 1. The van der Waals surface area contributed by atoms with Crippen molar-refractivity contribution >= 4 is 11.8 Å². The minimum absolute atomic E-state index is 0.0325. The predicted molar refractivity (Wildman–Crippen MR) is 45.3 cm³/mol. The average Bonchev–Trinajstić information content (AvgIpc) is 2.48. The Morgan fingerprint density at radius 2 is 2.31 bits per heavy atom. The maximum atomic E-state index is 11.4. The van der Waals surface area contributed by atoms with Gasteiger partial charge in [0, 0.05) is 18.9 Å². The molecule has 0 spiro atoms. The van der Waals surface area contributed by atoms with Crippen molar-refractivity contribution in [3.63, 3.8) is 0 Å². The zero-order chi connectivity index (χ0) is 9.42. The van der Waals surface area contributed by atoms with Crippen LogP contribution in [0.2, 0.25) is 0 Å². The Kier molecular flexibility index (Phi) is 2.07. The summed E-state index contributed by atoms with van der Waals surface area (Å²) in [6, 6.07) is -0.491. The van der Waals surface area contributed by atoms with E-state index in [1.165, 1.54) is 0 Å². The third kappa shape index (κ3) is 1.35. The molecule has 0 radical (unpaired) electrons. The third-order valence-corrected chi connectivity index (χ3v) is 3.14. The van der Waals surface area contributed by atoms with E-state index < -0.39 is 12.0 Å². The Hall–Kier alpha value is -0.900. The summed E-state index contributed by atoms with van der Waals surface area (Å²) in [5.41, 5.74) is 0. The van der Waals surface area contributed by atoms with Gasteiger partial charge in [-0.25, -0.2) is 0 Å². The largest absolute Gasteiger partial charge is 0.480 e. The highest BCUT2D eigenvalue weighted by Crippen LogP contribution is 2.33. The monoisotopic (exact) mass is 183 g/mol. The molecular formula is C9H13NO3. The number of hydrogen-bond acceptors (Lipinski definition) is 3. The van der Waals surface area contributed by atoms with Crippen molar-refractivity contribution in [3.8, 4) is 0 Å². The van der Waals surface area contributed by atoms with Crippen LogP contribution >= 0.6 is 0 Å². The van der Waals surface area contributed by atoms with Crippen LogP contribution in [-0.2, 0) is 9.59 Å². The highest BCUT2D eigenvalue weighted by molar-refractivity contribution is 5.85. The van der Waals surface area contributed by atoms with Crippen molar-refractivity contribution in [1.82, 2.24) is 5.32 Å². The number of carboxylic acid groups (broad SMARTS) is 1. The second-order valence-corrected chi connectivity index (χ2v) is 3.85. The van der Waals surface area contributed by atoms with Gasteiger partial charge < -0.3 is 10.4 Å². The van der Waals surface area contributed by atoms with Gasteiger partial charge in [-0.1, -0.05) is 0 Å². The smallest absolute Gasteiger partial charge is 0.321 e. The van der Waals surface area contributed by atoms with Crippen molar-refractivity contribution in [2.75, 3.05) is 6.54 Å². The van der Waals surface area contributed by atoms with Gasteiger partial charge in [-0.05, 0) is 18.8 Å². The SMILES string of the molecule is O=C1CCC[C@@H]2[C@@H]1CN[C@H]2C(=O)O. The van der Waals surface area contributed by atoms with Crippen molar-refractivity contribution in [2.24, 2.45) is 11.8 Å². The molecular weight excluding hydrogens is 170 g/mol. The normalized spacial score (nSPS) is 38.8. The topological polar surface area (TPSA) is 66.4 Å². The molecule has 0 aromatic carbocycles. The van der Waals surface area contributed by atoms with Gasteiger partial charge in [0.25, 0.3) is 0 Å². The molecule has 1 heterocycles. The van der Waals surface area contributed by atoms with Gasteiger partial charge in [-0.3, -0.25) is 9.59 Å². The lowest BCUT2D eigenvalue weighted by atomic mass is 9.78. The number of Topliss-reactive ketones (excluding diaryl/α,β-unsaturated/α-hetero) is 1. The number of fused-ring (bicyclic) bond motifs is 1. The zero-order valence-electron chi connectivity index (χ0n) is 7.32. The van der Waals surface area contributed by atoms with E-state index in [1.807, 2.05) is 0 Å². The van der Waals surface area contributed by atoms with Gasteiger partial charge in [0.05, 0.1) is 0 Å². The quantitative estimate of drug-likeness (QED) is 0.601. The number of ketones is 1. The highest BCUT2D eigenvalue weighted by atomic mass is 16.4. The molecule has 0 aromatic heterocycles. The summed E-state index contributed by atoms with van der Waals surface area (Å²) in [5, 5.41) is 11.8. The lowest BCUT2D eigenvalue weighted by Crippen LogP contribution is -2.37. The summed E-state index contributed by atoms with van der Waals surface area (Å²) < 4.78 is 0. The summed E-state index contributed by atoms with van der Waals surface area (Å²) in [4.78, 5) is 22.2. The van der Waals surface area contributed by atoms with Crippen LogP contribution < -0.4 is 5.32 Å². The highest BCUT2D eigenvalue weighted by Gasteiger charge is 2.44. The van der Waals surface area contributed by atoms with E-state index in [1.54, 1.807) is 0 Å². The van der Waals surface area contributed by atoms with Crippen molar-refractivity contribution in [2.45, 2.75) is 25.3 Å². The molecule has 1 aliphatic heterocycles. The van der Waals surface area contributed by atoms with E-state index in [0.29, 0.717) is 13.0 Å². The number of carbonyl (C=O) groups excluding carboxylic acids is 1. The first-order chi connectivity index (χ1) is 6.20. The minimum Gasteiger partial charge on any atom is -0.480 e. The van der Waals surface area contributed by atoms with Crippen molar-refractivity contribution in [3.05, 3.63) is 0 Å². The van der Waals surface area contributed by atoms with Gasteiger partial charge in [0.15, 0.2) is 0 Å². The second kappa shape index (κ2) is 3.10. The van der Waals surface area contributed by atoms with Gasteiger partial charge in [0.1, 0.15) is 11.8 Å². The van der Waals surface area contributed by atoms with E-state index >= 15 is 0 Å². The summed E-state index contributed by atoms with van der Waals surface area (Å²) >= 11 is 0. The molecule has 72 valence electrons. The first kappa shape index (κ1) is 8.69. The summed E-state index contributed by atoms with van der Waals surface area (Å²) in [6.45, 7) is 0.556. The van der Waals surface area contributed by atoms with Crippen LogP contribution in [0.3, 0.4) is 0 Å². The standard InChI is InChI=1S/C9H13NO3/c11-7-3-1-2-5-6(7)4-10-8(5)9(12)13/h5-6,8,10H,1-4H2,(H,12,13)/t5-,6+,8-/m1/s1. The average molecular weight is 183 g/mol. The van der Waals surface area contributed by atoms with Crippen LogP contribution in [0.15, 0.2) is 0 Å². The lowest BCUT2D eigenvalue weighted by molar-refractivity contribution is -0.140. The minimum atomic E-state index is -0.817. The van der Waals surface area contributed by atoms with Crippen LogP contribution in [0.4, 0.5) is 0 Å². The molecule has 2 fully saturated rings. The van der Waals surface area contributed by atoms with Crippen LogP contribution in [0.5, 0.6) is 0 Å². The Morgan fingerprint density at radius 1 is 1.54 bits per heavy atom. The Morgan fingerprint density at radius 3 is 3.00 bits per heavy atom. The van der Waals surface area contributed by atoms with Gasteiger partial charge in [0.2, 0.25) is 0 Å². The fourth-order valence-electron chi connectivity index (χ4n) is 2.48. The Labute approximate surface area is 76.3 Å². The van der Waals surface area contributed by atoms with Gasteiger partial charge in [-0.15, -0.1) is 0 Å². The molecule has 2 aliphatic rings. The van der Waals surface area contributed by atoms with E-state index in [2.05, 4.69) is 5.32 Å². The Bertz CT molecular complexity index is 245. The molecule has 1 saturated carbocycles. The molecule has 1 saturated heterocycles. The predicted octanol–water partition coefficient (Wildman–Crippen LogP) is 0.0282. The molecule has 1 aliphatic carbocycles. The molecule has 0 unspecified atom stereocenters. The fourth-order valence-corrected chi connectivity index (χ4v) is 2.48. The molecule has 0 aromatic rings. The zero-order valence-corrected chi connectivity index (χ0v) is 7.32. The van der Waals surface area contributed by atoms with Crippen LogP contribution in [0.1, 0.15) is 19.3 Å². The number of aliphatic carboxylic acids is 1. The maximum absolute atomic E-state index is 11.4. The molecule has 2 rings (SSSR count). The number of rotatable bonds is 1. The van der Waals surface area contributed by atoms with Crippen LogP contribution in [0, 0.1) is 11.8 Å². The first-order valence-electron chi connectivity index (χ1n) is 4.69. The number of hydrogen-bond donors (Lipinski definition) is 2. The third-order valence-electron chi connectivity index (χ3n) is 3.14. The molecule has 13 heavy (non-hydrogen) atoms. The van der Waals surface area contributed by atoms with E-state index in [0.717, 1.165) is 12.8 Å². The molecule has 4 heteroatoms. The van der Waals surface area contributed by atoms with E-state index in [-0.39, 0.29) is 17.6 Å². The molecule has 0 amide bonds. The van der Waals surface area contributed by atoms with Crippen LogP contribution in [-0.4, -0.2) is 29.4 Å². The second-order valence-electron chi connectivity index (χ2n) is 3.85. The molecule has 0 bridgehead atoms. The summed E-state index contributed by atoms with van der Waals surface area (Å²) in [5.74, 6) is -0.566. The van der Waals surface area contributed by atoms with Crippen molar-refractivity contribution in [1.29, 1.82) is 0 Å². The Balaban J connectivity index is 2.14. The molecule has 4 nitrogen and oxygen atoms in total. The summed E-state index contributed by atoms with van der Waals surface area (Å²) in [6.07, 6.45) is 2.36. The van der Waals surface area contributed by atoms with Crippen molar-refractivity contribution < 1.29 is 14.7 Å². The number of nitrogens with one attached hydrogen (secondary N) is 1. The van der Waals surface area contributed by atoms with Gasteiger partial charge >= 0.3 is 5.97 Å². The molecule has 3 atom stereocenters. The van der Waals surface area contributed by atoms with E-state index in [9.17, 15) is 9.59 Å². The molecule has 2 N–H and O–H groups in total. The first-order valence-corrected chi connectivity index (χ1v) is 4.69. The van der Waals surface area contributed by atoms with E-state index in [4.69, 9.17) is 5.11 Å². The maximum Gasteiger partial charge on any atom is 0.321 e. The fraction of sp³-hybridized carbons (Fsp3) is 0.778. The number of carbonyl (C=O) groups is 2. The van der Waals surface area contributed by atoms with Gasteiger partial charge in [-0.2, -0.15) is 0 Å². The summed E-state index contributed by atoms with van der Waals surface area (Å²) in [7, 11) is 0.